The van der Waals surface area contributed by atoms with Gasteiger partial charge in [0.05, 0.1) is 6.07 Å². The summed E-state index contributed by atoms with van der Waals surface area (Å²) in [4.78, 5) is 12.1. The Labute approximate surface area is 102 Å². The van der Waals surface area contributed by atoms with E-state index in [1.807, 2.05) is 30.3 Å². The van der Waals surface area contributed by atoms with Gasteiger partial charge in [0.1, 0.15) is 5.41 Å². The molecule has 0 radical (unpaired) electrons. The van der Waals surface area contributed by atoms with Crippen LogP contribution in [-0.4, -0.2) is 5.78 Å². The lowest BCUT2D eigenvalue weighted by atomic mass is 9.76. The number of carbonyl (C=O) groups is 1. The van der Waals surface area contributed by atoms with Gasteiger partial charge >= 0.3 is 0 Å². The van der Waals surface area contributed by atoms with Gasteiger partial charge in [-0.1, -0.05) is 43.2 Å². The van der Waals surface area contributed by atoms with Crippen LogP contribution in [-0.2, 0) is 11.2 Å². The van der Waals surface area contributed by atoms with E-state index >= 15 is 0 Å². The summed E-state index contributed by atoms with van der Waals surface area (Å²) in [5.41, 5.74) is 0.321. The maximum absolute atomic E-state index is 12.1. The minimum Gasteiger partial charge on any atom is -0.298 e. The molecular formula is C15H17NO. The smallest absolute Gasteiger partial charge is 0.153 e. The second-order valence-electron chi connectivity index (χ2n) is 4.84. The number of hydrogen-bond donors (Lipinski definition) is 0. The van der Waals surface area contributed by atoms with Crippen molar-refractivity contribution >= 4 is 5.78 Å². The highest BCUT2D eigenvalue weighted by molar-refractivity contribution is 5.88. The van der Waals surface area contributed by atoms with Crippen LogP contribution in [0.25, 0.3) is 0 Å². The SMILES string of the molecule is N#CC1(Cc2ccccc2)CCCCCC1=O. The summed E-state index contributed by atoms with van der Waals surface area (Å²) < 4.78 is 0. The van der Waals surface area contributed by atoms with Crippen LogP contribution in [0.2, 0.25) is 0 Å². The zero-order valence-electron chi connectivity index (χ0n) is 9.98. The first-order chi connectivity index (χ1) is 8.27. The van der Waals surface area contributed by atoms with Gasteiger partial charge in [-0.3, -0.25) is 4.79 Å². The van der Waals surface area contributed by atoms with Crippen molar-refractivity contribution in [1.29, 1.82) is 5.26 Å². The van der Waals surface area contributed by atoms with Crippen molar-refractivity contribution in [3.05, 3.63) is 35.9 Å². The van der Waals surface area contributed by atoms with Gasteiger partial charge in [0.2, 0.25) is 0 Å². The average Bonchev–Trinajstić information content (AvgIpc) is 2.54. The van der Waals surface area contributed by atoms with Crippen LogP contribution >= 0.6 is 0 Å². The van der Waals surface area contributed by atoms with Crippen LogP contribution in [0.5, 0.6) is 0 Å². The minimum absolute atomic E-state index is 0.140. The first-order valence-electron chi connectivity index (χ1n) is 6.25. The predicted octanol–water partition coefficient (Wildman–Crippen LogP) is 3.27. The van der Waals surface area contributed by atoms with Crippen LogP contribution < -0.4 is 0 Å². The van der Waals surface area contributed by atoms with Crippen LogP contribution in [0.4, 0.5) is 0 Å². The largest absolute Gasteiger partial charge is 0.298 e. The first-order valence-corrected chi connectivity index (χ1v) is 6.25. The molecule has 2 nitrogen and oxygen atoms in total. The number of Topliss-reactive ketones (excluding diaryl/α,β-unsaturated/α-hetero) is 1. The molecule has 1 aliphatic rings. The summed E-state index contributed by atoms with van der Waals surface area (Å²) >= 11 is 0. The van der Waals surface area contributed by atoms with Crippen molar-refractivity contribution in [3.63, 3.8) is 0 Å². The Morgan fingerprint density at radius 1 is 1.18 bits per heavy atom. The second kappa shape index (κ2) is 5.14. The zero-order valence-corrected chi connectivity index (χ0v) is 9.98. The van der Waals surface area contributed by atoms with Gasteiger partial charge in [0.15, 0.2) is 5.78 Å². The molecule has 1 aromatic carbocycles. The van der Waals surface area contributed by atoms with E-state index in [-0.39, 0.29) is 5.78 Å². The number of ketones is 1. The Morgan fingerprint density at radius 3 is 2.65 bits per heavy atom. The molecule has 0 heterocycles. The molecule has 1 aromatic rings. The summed E-state index contributed by atoms with van der Waals surface area (Å²) in [7, 11) is 0. The van der Waals surface area contributed by atoms with Crippen LogP contribution in [0.1, 0.15) is 37.7 Å². The van der Waals surface area contributed by atoms with E-state index in [2.05, 4.69) is 6.07 Å². The molecule has 0 amide bonds. The van der Waals surface area contributed by atoms with Gasteiger partial charge < -0.3 is 0 Å². The van der Waals surface area contributed by atoms with Gasteiger partial charge in [-0.25, -0.2) is 0 Å². The summed E-state index contributed by atoms with van der Waals surface area (Å²) in [6, 6.07) is 12.2. The number of nitriles is 1. The highest BCUT2D eigenvalue weighted by Crippen LogP contribution is 2.34. The molecule has 0 saturated heterocycles. The third-order valence-electron chi connectivity index (χ3n) is 3.60. The molecular weight excluding hydrogens is 210 g/mol. The van der Waals surface area contributed by atoms with E-state index in [4.69, 9.17) is 0 Å². The van der Waals surface area contributed by atoms with E-state index in [0.29, 0.717) is 12.8 Å². The number of rotatable bonds is 2. The molecule has 17 heavy (non-hydrogen) atoms. The lowest BCUT2D eigenvalue weighted by molar-refractivity contribution is -0.125. The lowest BCUT2D eigenvalue weighted by Gasteiger charge is -2.23. The Bertz CT molecular complexity index is 432. The molecule has 0 N–H and O–H groups in total. The van der Waals surface area contributed by atoms with Crippen molar-refractivity contribution in [2.45, 2.75) is 38.5 Å². The molecule has 0 bridgehead atoms. The summed E-state index contributed by atoms with van der Waals surface area (Å²) in [6.45, 7) is 0. The number of carbonyl (C=O) groups excluding carboxylic acids is 1. The monoisotopic (exact) mass is 227 g/mol. The molecule has 1 aliphatic carbocycles. The fraction of sp³-hybridized carbons (Fsp3) is 0.467. The highest BCUT2D eigenvalue weighted by atomic mass is 16.1. The second-order valence-corrected chi connectivity index (χ2v) is 4.84. The van der Waals surface area contributed by atoms with Crippen LogP contribution in [0.3, 0.4) is 0 Å². The topological polar surface area (TPSA) is 40.9 Å². The summed E-state index contributed by atoms with van der Waals surface area (Å²) in [5, 5.41) is 9.43. The van der Waals surface area contributed by atoms with E-state index in [1.54, 1.807) is 0 Å². The molecule has 1 saturated carbocycles. The zero-order chi connectivity index (χ0) is 12.1. The molecule has 88 valence electrons. The molecule has 2 rings (SSSR count). The van der Waals surface area contributed by atoms with Gasteiger partial charge in [-0.05, 0) is 24.8 Å². The third-order valence-corrected chi connectivity index (χ3v) is 3.60. The Balaban J connectivity index is 2.24. The van der Waals surface area contributed by atoms with Crippen molar-refractivity contribution in [3.8, 4) is 6.07 Å². The van der Waals surface area contributed by atoms with Crippen molar-refractivity contribution in [2.24, 2.45) is 5.41 Å². The van der Waals surface area contributed by atoms with Crippen LogP contribution in [0, 0.1) is 16.7 Å². The summed E-state index contributed by atoms with van der Waals surface area (Å²) in [6.07, 6.45) is 4.87. The molecule has 0 aliphatic heterocycles. The third kappa shape index (κ3) is 2.55. The molecule has 1 unspecified atom stereocenters. The Morgan fingerprint density at radius 2 is 1.94 bits per heavy atom. The quantitative estimate of drug-likeness (QED) is 0.727. The molecule has 0 spiro atoms. The highest BCUT2D eigenvalue weighted by Gasteiger charge is 2.38. The van der Waals surface area contributed by atoms with Gasteiger partial charge in [0.25, 0.3) is 0 Å². The predicted molar refractivity (Wildman–Crippen MR) is 66.3 cm³/mol. The maximum Gasteiger partial charge on any atom is 0.153 e. The van der Waals surface area contributed by atoms with E-state index < -0.39 is 5.41 Å². The van der Waals surface area contributed by atoms with E-state index in [0.717, 1.165) is 31.2 Å². The lowest BCUT2D eigenvalue weighted by Crippen LogP contribution is -2.30. The summed E-state index contributed by atoms with van der Waals surface area (Å²) in [5.74, 6) is 0.140. The average molecular weight is 227 g/mol. The number of hydrogen-bond acceptors (Lipinski definition) is 2. The van der Waals surface area contributed by atoms with Crippen molar-refractivity contribution in [1.82, 2.24) is 0 Å². The number of nitrogens with zero attached hydrogens (tertiary/aromatic N) is 1. The molecule has 2 heteroatoms. The van der Waals surface area contributed by atoms with E-state index in [1.165, 1.54) is 0 Å². The normalized spacial score (nSPS) is 25.0. The molecule has 1 atom stereocenters. The van der Waals surface area contributed by atoms with Gasteiger partial charge in [-0.15, -0.1) is 0 Å². The fourth-order valence-corrected chi connectivity index (χ4v) is 2.56. The standard InChI is InChI=1S/C15H17NO/c16-12-15(10-6-2-5-9-14(15)17)11-13-7-3-1-4-8-13/h1,3-4,7-8H,2,5-6,9-11H2. The van der Waals surface area contributed by atoms with Crippen molar-refractivity contribution in [2.75, 3.05) is 0 Å². The fourth-order valence-electron chi connectivity index (χ4n) is 2.56. The Hall–Kier alpha value is -1.62. The first kappa shape index (κ1) is 11.9. The minimum atomic E-state index is -0.766. The molecule has 0 aromatic heterocycles. The van der Waals surface area contributed by atoms with Gasteiger partial charge in [0, 0.05) is 6.42 Å². The maximum atomic E-state index is 12.1. The Kier molecular flexibility index (Phi) is 3.58. The van der Waals surface area contributed by atoms with Crippen molar-refractivity contribution < 1.29 is 4.79 Å². The molecule has 1 fully saturated rings. The van der Waals surface area contributed by atoms with Gasteiger partial charge in [-0.2, -0.15) is 5.26 Å². The van der Waals surface area contributed by atoms with Crippen LogP contribution in [0.15, 0.2) is 30.3 Å². The number of benzene rings is 1. The van der Waals surface area contributed by atoms with E-state index in [9.17, 15) is 10.1 Å².